The van der Waals surface area contributed by atoms with Gasteiger partial charge in [-0.2, -0.15) is 5.10 Å². The summed E-state index contributed by atoms with van der Waals surface area (Å²) in [4.78, 5) is 9.59. The molecule has 3 aromatic rings. The molecule has 0 amide bonds. The molecule has 0 aliphatic carbocycles. The molecule has 1 N–H and O–H groups in total. The van der Waals surface area contributed by atoms with Gasteiger partial charge in [-0.15, -0.1) is 12.4 Å². The Morgan fingerprint density at radius 3 is 2.65 bits per heavy atom. The number of fused-ring (bicyclic) bond motifs is 1. The number of aromatic nitrogens is 4. The summed E-state index contributed by atoms with van der Waals surface area (Å²) in [6.07, 6.45) is 2.89. The van der Waals surface area contributed by atoms with Crippen molar-refractivity contribution >= 4 is 12.4 Å². The smallest absolute Gasteiger partial charge is 0.160 e. The van der Waals surface area contributed by atoms with Crippen LogP contribution in [0, 0.1) is 0 Å². The number of rotatable bonds is 2. The molecular formula is C17H18ClN5. The zero-order chi connectivity index (χ0) is 14.9. The molecule has 118 valence electrons. The van der Waals surface area contributed by atoms with Crippen molar-refractivity contribution in [2.75, 3.05) is 6.54 Å². The third kappa shape index (κ3) is 2.98. The number of hydrogen-bond acceptors (Lipinski definition) is 4. The first-order valence-electron chi connectivity index (χ1n) is 7.47. The summed E-state index contributed by atoms with van der Waals surface area (Å²) in [7, 11) is 1.93. The second-order valence-corrected chi connectivity index (χ2v) is 5.49. The van der Waals surface area contributed by atoms with Gasteiger partial charge in [-0.05, 0) is 19.0 Å². The van der Waals surface area contributed by atoms with Gasteiger partial charge in [0.25, 0.3) is 0 Å². The summed E-state index contributed by atoms with van der Waals surface area (Å²) in [5, 5.41) is 7.92. The Hall–Kier alpha value is -2.24. The molecule has 0 saturated heterocycles. The molecule has 0 bridgehead atoms. The normalized spacial score (nSPS) is 13.3. The van der Waals surface area contributed by atoms with Gasteiger partial charge in [0.15, 0.2) is 5.82 Å². The van der Waals surface area contributed by atoms with Crippen LogP contribution >= 0.6 is 12.4 Å². The second kappa shape index (κ2) is 6.48. The largest absolute Gasteiger partial charge is 0.311 e. The monoisotopic (exact) mass is 327 g/mol. The average Bonchev–Trinajstić information content (AvgIpc) is 3.01. The number of aryl methyl sites for hydroxylation is 1. The van der Waals surface area contributed by atoms with Crippen LogP contribution in [0.2, 0.25) is 0 Å². The fraction of sp³-hybridized carbons (Fsp3) is 0.235. The summed E-state index contributed by atoms with van der Waals surface area (Å²) < 4.78 is 1.81. The van der Waals surface area contributed by atoms with E-state index in [4.69, 9.17) is 9.97 Å². The van der Waals surface area contributed by atoms with Crippen LogP contribution in [0.5, 0.6) is 0 Å². The van der Waals surface area contributed by atoms with Crippen molar-refractivity contribution < 1.29 is 0 Å². The molecule has 23 heavy (non-hydrogen) atoms. The maximum atomic E-state index is 4.83. The first kappa shape index (κ1) is 15.6. The van der Waals surface area contributed by atoms with E-state index in [-0.39, 0.29) is 12.4 Å². The fourth-order valence-electron chi connectivity index (χ4n) is 2.83. The van der Waals surface area contributed by atoms with Crippen molar-refractivity contribution in [1.82, 2.24) is 25.1 Å². The molecule has 0 unspecified atom stereocenters. The highest BCUT2D eigenvalue weighted by Crippen LogP contribution is 2.27. The number of nitrogens with one attached hydrogen (secondary N) is 1. The standard InChI is InChI=1S/C17H17N5.ClH/c1-22-10-8-14(21-22)16-13-7-9-18-11-15(13)19-17(20-16)12-5-3-2-4-6-12;/h2-6,8,10,18H,7,9,11H2,1H3;1H. The lowest BCUT2D eigenvalue weighted by Crippen LogP contribution is -2.26. The number of nitrogens with zero attached hydrogens (tertiary/aromatic N) is 4. The van der Waals surface area contributed by atoms with E-state index >= 15 is 0 Å². The molecule has 4 rings (SSSR count). The third-order valence-corrected chi connectivity index (χ3v) is 3.93. The molecule has 0 saturated carbocycles. The van der Waals surface area contributed by atoms with Crippen LogP contribution in [0.1, 0.15) is 11.3 Å². The lowest BCUT2D eigenvalue weighted by molar-refractivity contribution is 0.625. The van der Waals surface area contributed by atoms with Crippen LogP contribution < -0.4 is 5.32 Å². The van der Waals surface area contributed by atoms with Crippen LogP contribution in [-0.4, -0.2) is 26.3 Å². The highest BCUT2D eigenvalue weighted by molar-refractivity contribution is 5.85. The molecule has 1 aromatic carbocycles. The van der Waals surface area contributed by atoms with E-state index in [1.165, 1.54) is 5.56 Å². The van der Waals surface area contributed by atoms with Gasteiger partial charge in [-0.3, -0.25) is 4.68 Å². The first-order valence-corrected chi connectivity index (χ1v) is 7.47. The molecule has 0 spiro atoms. The van der Waals surface area contributed by atoms with Gasteiger partial charge in [0.2, 0.25) is 0 Å². The lowest BCUT2D eigenvalue weighted by atomic mass is 10.0. The molecule has 0 radical (unpaired) electrons. The van der Waals surface area contributed by atoms with Crippen LogP contribution in [-0.2, 0) is 20.0 Å². The minimum Gasteiger partial charge on any atom is -0.311 e. The fourth-order valence-corrected chi connectivity index (χ4v) is 2.83. The Morgan fingerprint density at radius 1 is 1.09 bits per heavy atom. The van der Waals surface area contributed by atoms with Crippen molar-refractivity contribution in [3.63, 3.8) is 0 Å². The first-order chi connectivity index (χ1) is 10.8. The van der Waals surface area contributed by atoms with Gasteiger partial charge < -0.3 is 5.32 Å². The van der Waals surface area contributed by atoms with E-state index in [0.29, 0.717) is 0 Å². The van der Waals surface area contributed by atoms with Crippen LogP contribution in [0.4, 0.5) is 0 Å². The van der Waals surface area contributed by atoms with Gasteiger partial charge in [0, 0.05) is 30.9 Å². The van der Waals surface area contributed by atoms with E-state index in [2.05, 4.69) is 10.4 Å². The Bertz CT molecular complexity index is 813. The van der Waals surface area contributed by atoms with Crippen LogP contribution in [0.15, 0.2) is 42.6 Å². The summed E-state index contributed by atoms with van der Waals surface area (Å²) in [5.41, 5.74) is 5.22. The predicted octanol–water partition coefficient (Wildman–Crippen LogP) is 2.61. The maximum Gasteiger partial charge on any atom is 0.160 e. The number of benzene rings is 1. The van der Waals surface area contributed by atoms with Crippen molar-refractivity contribution in [3.05, 3.63) is 53.9 Å². The molecular weight excluding hydrogens is 310 g/mol. The Labute approximate surface area is 141 Å². The zero-order valence-electron chi connectivity index (χ0n) is 12.9. The summed E-state index contributed by atoms with van der Waals surface area (Å²) in [5.74, 6) is 0.767. The minimum atomic E-state index is 0. The van der Waals surface area contributed by atoms with Gasteiger partial charge in [0.05, 0.1) is 11.4 Å². The Balaban J connectivity index is 0.00000156. The van der Waals surface area contributed by atoms with Crippen LogP contribution in [0.3, 0.4) is 0 Å². The Kier molecular flexibility index (Phi) is 4.41. The lowest BCUT2D eigenvalue weighted by Gasteiger charge is -2.19. The highest BCUT2D eigenvalue weighted by Gasteiger charge is 2.20. The van der Waals surface area contributed by atoms with Crippen molar-refractivity contribution in [2.45, 2.75) is 13.0 Å². The minimum absolute atomic E-state index is 0. The molecule has 1 aliphatic rings. The maximum absolute atomic E-state index is 4.83. The molecule has 1 aliphatic heterocycles. The predicted molar refractivity (Wildman–Crippen MR) is 92.3 cm³/mol. The molecule has 0 fully saturated rings. The van der Waals surface area contributed by atoms with E-state index in [1.807, 2.05) is 54.3 Å². The number of hydrogen-bond donors (Lipinski definition) is 1. The van der Waals surface area contributed by atoms with Crippen molar-refractivity contribution in [1.29, 1.82) is 0 Å². The number of halogens is 1. The summed E-state index contributed by atoms with van der Waals surface area (Å²) in [6.45, 7) is 1.75. The summed E-state index contributed by atoms with van der Waals surface area (Å²) >= 11 is 0. The SMILES string of the molecule is Cl.Cn1ccc(-c2nc(-c3ccccc3)nc3c2CCNC3)n1. The van der Waals surface area contributed by atoms with E-state index in [0.717, 1.165) is 48.0 Å². The molecule has 2 aromatic heterocycles. The zero-order valence-corrected chi connectivity index (χ0v) is 13.7. The molecule has 6 heteroatoms. The average molecular weight is 328 g/mol. The van der Waals surface area contributed by atoms with Crippen molar-refractivity contribution in [2.24, 2.45) is 7.05 Å². The molecule has 3 heterocycles. The van der Waals surface area contributed by atoms with E-state index in [9.17, 15) is 0 Å². The van der Waals surface area contributed by atoms with Gasteiger partial charge in [-0.1, -0.05) is 30.3 Å². The van der Waals surface area contributed by atoms with E-state index in [1.54, 1.807) is 0 Å². The van der Waals surface area contributed by atoms with Crippen molar-refractivity contribution in [3.8, 4) is 22.8 Å². The third-order valence-electron chi connectivity index (χ3n) is 3.93. The molecule has 5 nitrogen and oxygen atoms in total. The quantitative estimate of drug-likeness (QED) is 0.786. The van der Waals surface area contributed by atoms with Gasteiger partial charge in [-0.25, -0.2) is 9.97 Å². The van der Waals surface area contributed by atoms with Gasteiger partial charge >= 0.3 is 0 Å². The highest BCUT2D eigenvalue weighted by atomic mass is 35.5. The van der Waals surface area contributed by atoms with Gasteiger partial charge in [0.1, 0.15) is 5.69 Å². The summed E-state index contributed by atoms with van der Waals surface area (Å²) in [6, 6.07) is 12.1. The second-order valence-electron chi connectivity index (χ2n) is 5.49. The Morgan fingerprint density at radius 2 is 1.91 bits per heavy atom. The molecule has 0 atom stereocenters. The van der Waals surface area contributed by atoms with Crippen LogP contribution in [0.25, 0.3) is 22.8 Å². The topological polar surface area (TPSA) is 55.6 Å². The van der Waals surface area contributed by atoms with E-state index < -0.39 is 0 Å².